The highest BCUT2D eigenvalue weighted by Crippen LogP contribution is 2.20. The van der Waals surface area contributed by atoms with Gasteiger partial charge in [0.1, 0.15) is 0 Å². The van der Waals surface area contributed by atoms with Gasteiger partial charge in [-0.3, -0.25) is 0 Å². The fraction of sp³-hybridized carbons (Fsp3) is 0.647. The minimum Gasteiger partial charge on any atom is -0.394 e. The van der Waals surface area contributed by atoms with Crippen LogP contribution in [0.2, 0.25) is 0 Å². The molecular weight excluding hydrogens is 266 g/mol. The first-order valence-electron chi connectivity index (χ1n) is 7.98. The van der Waals surface area contributed by atoms with Crippen LogP contribution in [0, 0.1) is 0 Å². The Hall–Kier alpha value is -0.940. The summed E-state index contributed by atoms with van der Waals surface area (Å²) in [5, 5.41) is 22.6. The smallest absolute Gasteiger partial charge is 0.0898 e. The summed E-state index contributed by atoms with van der Waals surface area (Å²) in [6.45, 7) is 0.803. The summed E-state index contributed by atoms with van der Waals surface area (Å²) in [6.07, 6.45) is 5.78. The van der Waals surface area contributed by atoms with Gasteiger partial charge in [0, 0.05) is 6.54 Å². The first-order chi connectivity index (χ1) is 10.3. The van der Waals surface area contributed by atoms with E-state index in [9.17, 15) is 10.2 Å². The van der Waals surface area contributed by atoms with Crippen molar-refractivity contribution in [2.45, 2.75) is 50.4 Å². The van der Waals surface area contributed by atoms with Crippen LogP contribution in [0.15, 0.2) is 30.3 Å². The molecule has 0 amide bonds. The van der Waals surface area contributed by atoms with Gasteiger partial charge in [-0.2, -0.15) is 0 Å². The maximum Gasteiger partial charge on any atom is 0.0898 e. The van der Waals surface area contributed by atoms with E-state index in [0.29, 0.717) is 19.3 Å². The summed E-state index contributed by atoms with van der Waals surface area (Å²) >= 11 is 0. The molecule has 0 saturated heterocycles. The Kier molecular flexibility index (Phi) is 7.16. The maximum atomic E-state index is 10.0. The zero-order valence-electron chi connectivity index (χ0n) is 12.6. The molecule has 0 aliphatic heterocycles. The van der Waals surface area contributed by atoms with E-state index >= 15 is 0 Å². The van der Waals surface area contributed by atoms with Crippen molar-refractivity contribution < 1.29 is 14.9 Å². The molecule has 1 saturated carbocycles. The molecule has 1 aliphatic carbocycles. The summed E-state index contributed by atoms with van der Waals surface area (Å²) < 4.78 is 5.76. The number of rotatable bonds is 8. The average Bonchev–Trinajstić information content (AvgIpc) is 2.55. The molecule has 4 heteroatoms. The minimum absolute atomic E-state index is 0.0141. The Morgan fingerprint density at radius 2 is 1.86 bits per heavy atom. The first kappa shape index (κ1) is 16.4. The van der Waals surface area contributed by atoms with E-state index in [-0.39, 0.29) is 12.6 Å². The van der Waals surface area contributed by atoms with E-state index in [2.05, 4.69) is 5.32 Å². The molecule has 2 rings (SSSR count). The predicted molar refractivity (Wildman–Crippen MR) is 83.1 cm³/mol. The van der Waals surface area contributed by atoms with Crippen LogP contribution in [-0.2, 0) is 4.74 Å². The van der Waals surface area contributed by atoms with E-state index in [4.69, 9.17) is 4.74 Å². The summed E-state index contributed by atoms with van der Waals surface area (Å²) in [5.74, 6) is 0. The number of aliphatic hydroxyl groups is 2. The molecule has 1 aromatic rings. The molecule has 0 spiro atoms. The molecule has 0 radical (unpaired) electrons. The van der Waals surface area contributed by atoms with Crippen molar-refractivity contribution in [2.24, 2.45) is 0 Å². The van der Waals surface area contributed by atoms with E-state index in [1.54, 1.807) is 0 Å². The van der Waals surface area contributed by atoms with Crippen LogP contribution in [0.5, 0.6) is 0 Å². The second-order valence-electron chi connectivity index (χ2n) is 5.80. The molecule has 3 N–H and O–H groups in total. The quantitative estimate of drug-likeness (QED) is 0.686. The predicted octanol–water partition coefficient (Wildman–Crippen LogP) is 2.02. The monoisotopic (exact) mass is 293 g/mol. The fourth-order valence-corrected chi connectivity index (χ4v) is 2.79. The zero-order chi connectivity index (χ0) is 14.9. The number of hydrogen-bond acceptors (Lipinski definition) is 4. The van der Waals surface area contributed by atoms with Crippen LogP contribution in [0.3, 0.4) is 0 Å². The van der Waals surface area contributed by atoms with Gasteiger partial charge in [-0.25, -0.2) is 0 Å². The molecule has 21 heavy (non-hydrogen) atoms. The SMILES string of the molecule is OCC(NCC(O)COC1CCCCC1)c1ccccc1. The van der Waals surface area contributed by atoms with Crippen molar-refractivity contribution in [1.29, 1.82) is 0 Å². The van der Waals surface area contributed by atoms with Gasteiger partial charge in [0.05, 0.1) is 31.5 Å². The lowest BCUT2D eigenvalue weighted by Crippen LogP contribution is -2.35. The lowest BCUT2D eigenvalue weighted by atomic mass is 9.98. The molecule has 1 fully saturated rings. The van der Waals surface area contributed by atoms with Gasteiger partial charge >= 0.3 is 0 Å². The molecule has 2 unspecified atom stereocenters. The molecule has 0 bridgehead atoms. The standard InChI is InChI=1S/C17H27NO3/c19-12-17(14-7-3-1-4-8-14)18-11-15(20)13-21-16-9-5-2-6-10-16/h1,3-4,7-8,15-20H,2,5-6,9-13H2. The normalized spacial score (nSPS) is 19.3. The van der Waals surface area contributed by atoms with Crippen molar-refractivity contribution >= 4 is 0 Å². The van der Waals surface area contributed by atoms with Gasteiger partial charge in [-0.05, 0) is 18.4 Å². The van der Waals surface area contributed by atoms with Gasteiger partial charge in [0.2, 0.25) is 0 Å². The molecule has 0 heterocycles. The summed E-state index contributed by atoms with van der Waals surface area (Å²) in [5.41, 5.74) is 1.03. The van der Waals surface area contributed by atoms with Crippen molar-refractivity contribution in [3.8, 4) is 0 Å². The highest BCUT2D eigenvalue weighted by Gasteiger charge is 2.16. The van der Waals surface area contributed by atoms with Crippen LogP contribution in [0.4, 0.5) is 0 Å². The number of ether oxygens (including phenoxy) is 1. The topological polar surface area (TPSA) is 61.7 Å². The molecule has 118 valence electrons. The van der Waals surface area contributed by atoms with E-state index in [1.807, 2.05) is 30.3 Å². The number of nitrogens with one attached hydrogen (secondary N) is 1. The Labute approximate surface area is 127 Å². The fourth-order valence-electron chi connectivity index (χ4n) is 2.79. The Morgan fingerprint density at radius 3 is 2.52 bits per heavy atom. The largest absolute Gasteiger partial charge is 0.394 e. The van der Waals surface area contributed by atoms with E-state index < -0.39 is 6.10 Å². The van der Waals surface area contributed by atoms with Gasteiger partial charge in [-0.1, -0.05) is 49.6 Å². The van der Waals surface area contributed by atoms with Crippen LogP contribution >= 0.6 is 0 Å². The van der Waals surface area contributed by atoms with Crippen LogP contribution in [0.1, 0.15) is 43.7 Å². The Balaban J connectivity index is 1.68. The molecule has 0 aromatic heterocycles. The molecule has 1 aromatic carbocycles. The molecule has 1 aliphatic rings. The highest BCUT2D eigenvalue weighted by atomic mass is 16.5. The number of aliphatic hydroxyl groups excluding tert-OH is 2. The lowest BCUT2D eigenvalue weighted by Gasteiger charge is -2.24. The summed E-state index contributed by atoms with van der Waals surface area (Å²) in [4.78, 5) is 0. The zero-order valence-corrected chi connectivity index (χ0v) is 12.6. The van der Waals surface area contributed by atoms with Crippen molar-refractivity contribution in [1.82, 2.24) is 5.32 Å². The summed E-state index contributed by atoms with van der Waals surface area (Å²) in [7, 11) is 0. The van der Waals surface area contributed by atoms with Crippen molar-refractivity contribution in [3.05, 3.63) is 35.9 Å². The van der Waals surface area contributed by atoms with Crippen molar-refractivity contribution in [2.75, 3.05) is 19.8 Å². The van der Waals surface area contributed by atoms with Crippen LogP contribution in [0.25, 0.3) is 0 Å². The van der Waals surface area contributed by atoms with Crippen LogP contribution in [-0.4, -0.2) is 42.2 Å². The minimum atomic E-state index is -0.537. The van der Waals surface area contributed by atoms with E-state index in [0.717, 1.165) is 18.4 Å². The first-order valence-corrected chi connectivity index (χ1v) is 7.98. The van der Waals surface area contributed by atoms with Gasteiger partial charge in [0.25, 0.3) is 0 Å². The lowest BCUT2D eigenvalue weighted by molar-refractivity contribution is -0.0240. The second-order valence-corrected chi connectivity index (χ2v) is 5.80. The maximum absolute atomic E-state index is 10.0. The molecular formula is C17H27NO3. The van der Waals surface area contributed by atoms with Crippen molar-refractivity contribution in [3.63, 3.8) is 0 Å². The number of hydrogen-bond donors (Lipinski definition) is 3. The summed E-state index contributed by atoms with van der Waals surface area (Å²) in [6, 6.07) is 9.64. The van der Waals surface area contributed by atoms with Crippen LogP contribution < -0.4 is 5.32 Å². The van der Waals surface area contributed by atoms with Gasteiger partial charge in [0.15, 0.2) is 0 Å². The Bertz CT molecular complexity index is 379. The Morgan fingerprint density at radius 1 is 1.14 bits per heavy atom. The van der Waals surface area contributed by atoms with Gasteiger partial charge < -0.3 is 20.3 Å². The molecule has 4 nitrogen and oxygen atoms in total. The van der Waals surface area contributed by atoms with E-state index in [1.165, 1.54) is 19.3 Å². The molecule has 2 atom stereocenters. The highest BCUT2D eigenvalue weighted by molar-refractivity contribution is 5.18. The third-order valence-electron chi connectivity index (χ3n) is 4.06. The average molecular weight is 293 g/mol. The second kappa shape index (κ2) is 9.15. The third kappa shape index (κ3) is 5.75. The van der Waals surface area contributed by atoms with Gasteiger partial charge in [-0.15, -0.1) is 0 Å². The third-order valence-corrected chi connectivity index (χ3v) is 4.06. The number of benzene rings is 1.